The summed E-state index contributed by atoms with van der Waals surface area (Å²) >= 11 is 0. The molecule has 11 nitrogen and oxygen atoms in total. The Hall–Kier alpha value is -2.75. The third-order valence-electron chi connectivity index (χ3n) is 4.80. The van der Waals surface area contributed by atoms with Gasteiger partial charge in [-0.05, 0) is 31.5 Å². The third kappa shape index (κ3) is 7.96. The molecule has 33 heavy (non-hydrogen) atoms. The van der Waals surface area contributed by atoms with Crippen LogP contribution in [0, 0.1) is 11.8 Å². The maximum atomic E-state index is 12.7. The fourth-order valence-corrected chi connectivity index (χ4v) is 4.87. The molecule has 0 heterocycles. The Labute approximate surface area is 192 Å². The summed E-state index contributed by atoms with van der Waals surface area (Å²) in [7, 11) is -1.15. The molecule has 0 aliphatic rings. The van der Waals surface area contributed by atoms with E-state index in [4.69, 9.17) is 14.8 Å². The first-order valence-electron chi connectivity index (χ1n) is 10.3. The molecule has 2 atom stereocenters. The largest absolute Gasteiger partial charge is 0.468 e. The minimum absolute atomic E-state index is 0.0253. The lowest BCUT2D eigenvalue weighted by Gasteiger charge is -2.26. The van der Waals surface area contributed by atoms with Crippen molar-refractivity contribution in [3.05, 3.63) is 35.4 Å². The number of nitrogens with one attached hydrogen (secondary N) is 1. The van der Waals surface area contributed by atoms with Gasteiger partial charge in [-0.3, -0.25) is 23.7 Å². The van der Waals surface area contributed by atoms with Gasteiger partial charge >= 0.3 is 19.5 Å². The second kappa shape index (κ2) is 13.1. The van der Waals surface area contributed by atoms with Gasteiger partial charge in [0.15, 0.2) is 5.92 Å². The van der Waals surface area contributed by atoms with Crippen LogP contribution in [-0.2, 0) is 43.6 Å². The zero-order valence-corrected chi connectivity index (χ0v) is 20.3. The molecule has 0 unspecified atom stereocenters. The number of primary amides is 1. The van der Waals surface area contributed by atoms with Crippen LogP contribution in [0.3, 0.4) is 0 Å². The molecule has 0 bridgehead atoms. The zero-order valence-electron chi connectivity index (χ0n) is 19.4. The molecule has 0 aliphatic carbocycles. The van der Waals surface area contributed by atoms with E-state index in [0.29, 0.717) is 5.56 Å². The number of hydrogen-bond acceptors (Lipinski definition) is 9. The minimum Gasteiger partial charge on any atom is -0.468 e. The topological polar surface area (TPSA) is 160 Å². The molecular weight excluding hydrogens is 455 g/mol. The maximum absolute atomic E-state index is 12.7. The number of nitrogens with two attached hydrogens (primary N) is 1. The fraction of sp³-hybridized carbons (Fsp3) is 0.524. The van der Waals surface area contributed by atoms with Crippen molar-refractivity contribution in [1.29, 1.82) is 0 Å². The van der Waals surface area contributed by atoms with E-state index in [-0.39, 0.29) is 24.9 Å². The lowest BCUT2D eigenvalue weighted by molar-refractivity contribution is -0.161. The summed E-state index contributed by atoms with van der Waals surface area (Å²) in [6, 6.07) is 4.72. The van der Waals surface area contributed by atoms with E-state index < -0.39 is 49.2 Å². The fourth-order valence-electron chi connectivity index (χ4n) is 3.17. The SMILES string of the molecule is CCOP(=O)(Cc1ccc(C(=O)N[C@@H](C(N)=O)[C@H](C)C(C(=O)OC)C(=O)OC)cc1)OCC. The van der Waals surface area contributed by atoms with Crippen LogP contribution in [0.2, 0.25) is 0 Å². The van der Waals surface area contributed by atoms with Crippen LogP contribution in [-0.4, -0.2) is 57.2 Å². The zero-order chi connectivity index (χ0) is 25.2. The molecule has 0 aromatic heterocycles. The van der Waals surface area contributed by atoms with E-state index in [0.717, 1.165) is 14.2 Å². The van der Waals surface area contributed by atoms with E-state index in [9.17, 15) is 23.7 Å². The first kappa shape index (κ1) is 28.3. The number of benzene rings is 1. The van der Waals surface area contributed by atoms with Crippen LogP contribution in [0.5, 0.6) is 0 Å². The van der Waals surface area contributed by atoms with Crippen molar-refractivity contribution in [2.24, 2.45) is 17.6 Å². The van der Waals surface area contributed by atoms with Gasteiger partial charge in [0.05, 0.1) is 33.6 Å². The standard InChI is InChI=1S/C21H31N2O9P/c1-6-31-33(28,32-7-2)12-14-8-10-15(11-9-14)19(25)23-17(18(22)24)13(3)16(20(26)29-4)21(27)30-5/h8-11,13,16-17H,6-7,12H2,1-5H3,(H2,22,24)(H,23,25)/t13-,17-/m1/s1. The van der Waals surface area contributed by atoms with Crippen molar-refractivity contribution in [2.75, 3.05) is 27.4 Å². The normalized spacial score (nSPS) is 13.2. The highest BCUT2D eigenvalue weighted by Crippen LogP contribution is 2.51. The highest BCUT2D eigenvalue weighted by atomic mass is 31.2. The van der Waals surface area contributed by atoms with Gasteiger partial charge in [-0.25, -0.2) is 0 Å². The van der Waals surface area contributed by atoms with Gasteiger partial charge < -0.3 is 29.6 Å². The first-order chi connectivity index (χ1) is 15.5. The molecule has 1 rings (SSSR count). The molecule has 3 N–H and O–H groups in total. The Balaban J connectivity index is 3.04. The lowest BCUT2D eigenvalue weighted by atomic mass is 9.86. The molecule has 0 spiro atoms. The van der Waals surface area contributed by atoms with Gasteiger partial charge in [0, 0.05) is 11.5 Å². The number of esters is 2. The number of carbonyl (C=O) groups excluding carboxylic acids is 4. The molecule has 184 valence electrons. The minimum atomic E-state index is -3.31. The van der Waals surface area contributed by atoms with Crippen molar-refractivity contribution in [1.82, 2.24) is 5.32 Å². The van der Waals surface area contributed by atoms with Gasteiger partial charge in [0.25, 0.3) is 5.91 Å². The number of hydrogen-bond donors (Lipinski definition) is 2. The van der Waals surface area contributed by atoms with Gasteiger partial charge in [0.1, 0.15) is 6.04 Å². The van der Waals surface area contributed by atoms with Crippen molar-refractivity contribution in [3.8, 4) is 0 Å². The summed E-state index contributed by atoms with van der Waals surface area (Å²) in [6.07, 6.45) is 0.0253. The van der Waals surface area contributed by atoms with E-state index >= 15 is 0 Å². The van der Waals surface area contributed by atoms with Gasteiger partial charge in [-0.15, -0.1) is 0 Å². The predicted molar refractivity (Wildman–Crippen MR) is 118 cm³/mol. The number of amides is 2. The predicted octanol–water partition coefficient (Wildman–Crippen LogP) is 1.63. The second-order valence-corrected chi connectivity index (χ2v) is 9.09. The molecule has 0 radical (unpaired) electrons. The number of rotatable bonds is 13. The summed E-state index contributed by atoms with van der Waals surface area (Å²) in [5.74, 6) is -5.97. The Morgan fingerprint density at radius 3 is 1.85 bits per heavy atom. The van der Waals surface area contributed by atoms with Crippen molar-refractivity contribution < 1.29 is 42.3 Å². The molecule has 0 saturated carbocycles. The Morgan fingerprint density at radius 1 is 0.970 bits per heavy atom. The van der Waals surface area contributed by atoms with Crippen LogP contribution in [0.15, 0.2) is 24.3 Å². The highest BCUT2D eigenvalue weighted by molar-refractivity contribution is 7.53. The molecule has 0 saturated heterocycles. The number of methoxy groups -OCH3 is 2. The van der Waals surface area contributed by atoms with Gasteiger partial charge in [-0.1, -0.05) is 19.1 Å². The second-order valence-electron chi connectivity index (χ2n) is 7.04. The summed E-state index contributed by atoms with van der Waals surface area (Å²) < 4.78 is 32.4. The molecule has 0 aliphatic heterocycles. The summed E-state index contributed by atoms with van der Waals surface area (Å²) in [5.41, 5.74) is 6.21. The summed E-state index contributed by atoms with van der Waals surface area (Å²) in [6.45, 7) is 5.27. The van der Waals surface area contributed by atoms with Gasteiger partial charge in [-0.2, -0.15) is 0 Å². The van der Waals surface area contributed by atoms with E-state index in [1.807, 2.05) is 0 Å². The Bertz CT molecular complexity index is 862. The van der Waals surface area contributed by atoms with Crippen LogP contribution in [0.25, 0.3) is 0 Å². The van der Waals surface area contributed by atoms with Crippen LogP contribution < -0.4 is 11.1 Å². The van der Waals surface area contributed by atoms with E-state index in [1.165, 1.54) is 19.1 Å². The van der Waals surface area contributed by atoms with Crippen LogP contribution >= 0.6 is 7.60 Å². The number of ether oxygens (including phenoxy) is 2. The monoisotopic (exact) mass is 486 g/mol. The summed E-state index contributed by atoms with van der Waals surface area (Å²) in [5, 5.41) is 2.45. The lowest BCUT2D eigenvalue weighted by Crippen LogP contribution is -2.52. The van der Waals surface area contributed by atoms with E-state index in [2.05, 4.69) is 14.8 Å². The molecule has 1 aromatic carbocycles. The molecule has 2 amide bonds. The first-order valence-corrected chi connectivity index (χ1v) is 12.0. The van der Waals surface area contributed by atoms with Crippen molar-refractivity contribution in [2.45, 2.75) is 33.0 Å². The maximum Gasteiger partial charge on any atom is 0.335 e. The molecule has 12 heteroatoms. The van der Waals surface area contributed by atoms with E-state index in [1.54, 1.807) is 26.0 Å². The third-order valence-corrected chi connectivity index (χ3v) is 6.85. The number of carbonyl (C=O) groups is 4. The summed E-state index contributed by atoms with van der Waals surface area (Å²) in [4.78, 5) is 48.8. The Kier molecular flexibility index (Phi) is 11.2. The average Bonchev–Trinajstić information content (AvgIpc) is 2.77. The smallest absolute Gasteiger partial charge is 0.335 e. The van der Waals surface area contributed by atoms with Gasteiger partial charge in [0.2, 0.25) is 5.91 Å². The molecular formula is C21H31N2O9P. The molecule has 0 fully saturated rings. The van der Waals surface area contributed by atoms with Crippen LogP contribution in [0.4, 0.5) is 0 Å². The average molecular weight is 486 g/mol. The Morgan fingerprint density at radius 2 is 1.45 bits per heavy atom. The highest BCUT2D eigenvalue weighted by Gasteiger charge is 2.41. The quantitative estimate of drug-likeness (QED) is 0.240. The molecule has 1 aromatic rings. The van der Waals surface area contributed by atoms with Crippen molar-refractivity contribution >= 4 is 31.3 Å². The van der Waals surface area contributed by atoms with Crippen molar-refractivity contribution in [3.63, 3.8) is 0 Å². The van der Waals surface area contributed by atoms with Crippen LogP contribution in [0.1, 0.15) is 36.7 Å².